The van der Waals surface area contributed by atoms with Crippen molar-refractivity contribution in [2.75, 3.05) is 62.5 Å². The van der Waals surface area contributed by atoms with Crippen molar-refractivity contribution in [1.29, 1.82) is 0 Å². The molecule has 7 rings (SSSR count). The zero-order valence-electron chi connectivity index (χ0n) is 31.0. The number of carbonyl (C=O) groups is 4. The summed E-state index contributed by atoms with van der Waals surface area (Å²) in [5, 5.41) is 15.8. The highest BCUT2D eigenvalue weighted by atomic mass is 32.1. The molecule has 0 spiro atoms. The van der Waals surface area contributed by atoms with Crippen LogP contribution in [-0.4, -0.2) is 93.5 Å². The van der Waals surface area contributed by atoms with E-state index in [9.17, 15) is 28.8 Å². The van der Waals surface area contributed by atoms with Crippen molar-refractivity contribution >= 4 is 101 Å². The molecule has 0 fully saturated rings. The number of amides is 4. The second-order valence-electron chi connectivity index (χ2n) is 13.8. The lowest BCUT2D eigenvalue weighted by Crippen LogP contribution is -2.25. The molecule has 288 valence electrons. The summed E-state index contributed by atoms with van der Waals surface area (Å²) < 4.78 is 2.71. The molecule has 0 aliphatic carbocycles. The molecule has 4 N–H and O–H groups in total. The Labute approximate surface area is 327 Å². The van der Waals surface area contributed by atoms with Crippen molar-refractivity contribution in [1.82, 2.24) is 28.6 Å². The summed E-state index contributed by atoms with van der Waals surface area (Å²) in [6.07, 6.45) is 2.07. The molecule has 16 nitrogen and oxygen atoms in total. The smallest absolute Gasteiger partial charge is 0.284 e. The average molecular weight is 795 g/mol. The predicted molar refractivity (Wildman–Crippen MR) is 220 cm³/mol. The number of hydrogen-bond donors (Lipinski definition) is 4. The molecule has 0 aliphatic heterocycles. The van der Waals surface area contributed by atoms with Crippen LogP contribution in [0, 0.1) is 0 Å². The zero-order chi connectivity index (χ0) is 39.7. The topological polar surface area (TPSA) is 192 Å². The van der Waals surface area contributed by atoms with Gasteiger partial charge < -0.3 is 31.1 Å². The van der Waals surface area contributed by atoms with Gasteiger partial charge in [0, 0.05) is 45.7 Å². The van der Waals surface area contributed by atoms with Gasteiger partial charge in [-0.2, -0.15) is 0 Å². The Hall–Kier alpha value is -6.08. The number of fused-ring (bicyclic) bond motifs is 6. The fourth-order valence-corrected chi connectivity index (χ4v) is 7.67. The van der Waals surface area contributed by atoms with Gasteiger partial charge >= 0.3 is 0 Å². The molecule has 0 bridgehead atoms. The van der Waals surface area contributed by atoms with Crippen LogP contribution in [0.3, 0.4) is 0 Å². The first-order valence-corrected chi connectivity index (χ1v) is 19.4. The van der Waals surface area contributed by atoms with Crippen LogP contribution in [0.2, 0.25) is 0 Å². The molecule has 56 heavy (non-hydrogen) atoms. The molecule has 0 aliphatic rings. The molecule has 7 aromatic rings. The lowest BCUT2D eigenvalue weighted by Gasteiger charge is -2.08. The van der Waals surface area contributed by atoms with Gasteiger partial charge in [0.15, 0.2) is 10.1 Å². The Bertz CT molecular complexity index is 2580. The van der Waals surface area contributed by atoms with Gasteiger partial charge in [0.25, 0.3) is 22.9 Å². The zero-order valence-corrected chi connectivity index (χ0v) is 32.6. The molecular formula is C38H38N10O6S2. The molecule has 0 saturated carbocycles. The van der Waals surface area contributed by atoms with Gasteiger partial charge in [-0.1, -0.05) is 0 Å². The number of nitrogens with zero attached hydrogens (tertiary/aromatic N) is 6. The lowest BCUT2D eigenvalue weighted by atomic mass is 10.2. The van der Waals surface area contributed by atoms with Crippen LogP contribution in [0.15, 0.2) is 68.9 Å². The van der Waals surface area contributed by atoms with E-state index < -0.39 is 22.9 Å². The molecule has 2 aromatic carbocycles. The van der Waals surface area contributed by atoms with E-state index >= 15 is 0 Å². The largest absolute Gasteiger partial charge is 0.321 e. The maximum Gasteiger partial charge on any atom is 0.284 e. The first kappa shape index (κ1) is 38.2. The number of nitrogens with one attached hydrogen (secondary N) is 4. The van der Waals surface area contributed by atoms with Gasteiger partial charge in [-0.05, 0) is 103 Å². The molecule has 0 unspecified atom stereocenters. The first-order chi connectivity index (χ1) is 26.8. The van der Waals surface area contributed by atoms with Gasteiger partial charge in [0.1, 0.15) is 22.5 Å². The first-order valence-electron chi connectivity index (χ1n) is 17.7. The van der Waals surface area contributed by atoms with Crippen molar-refractivity contribution in [2.24, 2.45) is 0 Å². The van der Waals surface area contributed by atoms with E-state index in [2.05, 4.69) is 31.2 Å². The van der Waals surface area contributed by atoms with E-state index in [1.165, 1.54) is 8.80 Å². The summed E-state index contributed by atoms with van der Waals surface area (Å²) >= 11 is 2.25. The Kier molecular flexibility index (Phi) is 10.9. The number of hydrogen-bond acceptors (Lipinski definition) is 12. The Balaban J connectivity index is 1.06. The molecule has 18 heteroatoms. The summed E-state index contributed by atoms with van der Waals surface area (Å²) in [5.74, 6) is -0.996. The summed E-state index contributed by atoms with van der Waals surface area (Å²) in [4.78, 5) is 90.8. The van der Waals surface area contributed by atoms with Gasteiger partial charge in [0.05, 0.1) is 11.0 Å². The molecule has 5 heterocycles. The van der Waals surface area contributed by atoms with Crippen molar-refractivity contribution in [2.45, 2.75) is 25.7 Å². The van der Waals surface area contributed by atoms with Crippen LogP contribution in [-0.2, 0) is 9.59 Å². The van der Waals surface area contributed by atoms with E-state index in [4.69, 9.17) is 0 Å². The second-order valence-corrected chi connectivity index (χ2v) is 15.5. The minimum atomic E-state index is -0.477. The summed E-state index contributed by atoms with van der Waals surface area (Å²) in [7, 11) is 7.75. The van der Waals surface area contributed by atoms with E-state index in [1.54, 1.807) is 59.3 Å². The fourth-order valence-electron chi connectivity index (χ4n) is 6.32. The number of anilines is 4. The van der Waals surface area contributed by atoms with Gasteiger partial charge in [-0.3, -0.25) is 37.6 Å². The number of aromatic nitrogens is 4. The maximum absolute atomic E-state index is 13.9. The van der Waals surface area contributed by atoms with Crippen LogP contribution < -0.4 is 32.4 Å². The monoisotopic (exact) mass is 794 g/mol. The molecule has 5 aromatic heterocycles. The van der Waals surface area contributed by atoms with E-state index in [1.807, 2.05) is 38.0 Å². The molecule has 4 amide bonds. The third-order valence-electron chi connectivity index (χ3n) is 8.93. The quantitative estimate of drug-likeness (QED) is 0.121. The lowest BCUT2D eigenvalue weighted by molar-refractivity contribution is -0.117. The van der Waals surface area contributed by atoms with Crippen molar-refractivity contribution < 1.29 is 19.2 Å². The third-order valence-corrected chi connectivity index (χ3v) is 10.5. The predicted octanol–water partition coefficient (Wildman–Crippen LogP) is 4.63. The van der Waals surface area contributed by atoms with Crippen molar-refractivity contribution in [3.63, 3.8) is 0 Å². The second kappa shape index (κ2) is 16.0. The van der Waals surface area contributed by atoms with E-state index in [0.29, 0.717) is 69.8 Å². The van der Waals surface area contributed by atoms with Crippen LogP contribution in [0.5, 0.6) is 0 Å². The Morgan fingerprint density at radius 2 is 1.16 bits per heavy atom. The van der Waals surface area contributed by atoms with Crippen LogP contribution >= 0.6 is 22.7 Å². The highest BCUT2D eigenvalue weighted by Gasteiger charge is 2.20. The van der Waals surface area contributed by atoms with Gasteiger partial charge in [-0.25, -0.2) is 9.97 Å². The minimum absolute atomic E-state index is 0.138. The normalized spacial score (nSPS) is 11.7. The van der Waals surface area contributed by atoms with Crippen molar-refractivity contribution in [3.8, 4) is 0 Å². The summed E-state index contributed by atoms with van der Waals surface area (Å²) in [6.45, 7) is 1.56. The van der Waals surface area contributed by atoms with Crippen LogP contribution in [0.25, 0.3) is 32.8 Å². The van der Waals surface area contributed by atoms with Gasteiger partial charge in [0.2, 0.25) is 11.8 Å². The molecule has 0 atom stereocenters. The van der Waals surface area contributed by atoms with Crippen molar-refractivity contribution in [3.05, 3.63) is 90.7 Å². The summed E-state index contributed by atoms with van der Waals surface area (Å²) in [5.41, 5.74) is 1.47. The Morgan fingerprint density at radius 3 is 1.71 bits per heavy atom. The number of thiazole rings is 2. The molecule has 0 saturated heterocycles. The maximum atomic E-state index is 13.9. The number of benzene rings is 2. The average Bonchev–Trinajstić information content (AvgIpc) is 3.95. The SMILES string of the molecule is CN(C)CCCC(=O)Nc1csc(C(=O)Nc2ccc3c(c2)cc2c(=O)n4c(cc5cc(NC(=O)c6csc(NC(=O)CCCN(C)C)n6)ccc54)c(=O)n23)n1. The third kappa shape index (κ3) is 8.13. The summed E-state index contributed by atoms with van der Waals surface area (Å²) in [6, 6.07) is 13.2. The van der Waals surface area contributed by atoms with Crippen LogP contribution in [0.1, 0.15) is 46.0 Å². The van der Waals surface area contributed by atoms with E-state index in [0.717, 1.165) is 35.8 Å². The minimum Gasteiger partial charge on any atom is -0.321 e. The number of carbonyl (C=O) groups excluding carboxylic acids is 4. The highest BCUT2D eigenvalue weighted by molar-refractivity contribution is 7.14. The van der Waals surface area contributed by atoms with Crippen LogP contribution in [0.4, 0.5) is 22.3 Å². The highest BCUT2D eigenvalue weighted by Crippen LogP contribution is 2.26. The Morgan fingerprint density at radius 1 is 0.625 bits per heavy atom. The molecular weight excluding hydrogens is 757 g/mol. The van der Waals surface area contributed by atoms with Gasteiger partial charge in [-0.15, -0.1) is 22.7 Å². The standard InChI is InChI=1S/C38H38N10O6S2/c1-45(2)13-5-7-31(49)42-30-20-55-35(43-30)34(52)40-24-10-12-27-22(16-24)18-29-37(54)47-26-11-9-23(15-21(26)17-28(47)36(53)48(27)29)39-33(51)25-19-56-38(41-25)44-32(50)8-6-14-46(3)4/h9-12,15-20H,5-8,13-14H2,1-4H3,(H,39,51)(H,40,52)(H,42,49)(H,41,44,50). The van der Waals surface area contributed by atoms with E-state index in [-0.39, 0.29) is 33.5 Å². The molecule has 0 radical (unpaired) electrons. The number of rotatable bonds is 14. The fraction of sp³-hybridized carbons (Fsp3) is 0.263.